The second-order valence-corrected chi connectivity index (χ2v) is 8.62. The van der Waals surface area contributed by atoms with Crippen molar-refractivity contribution in [3.63, 3.8) is 0 Å². The van der Waals surface area contributed by atoms with E-state index in [1.807, 2.05) is 30.3 Å². The standard InChI is InChI=1S/C22H29N3OS/c1-2-23-21(24-15-16-27(26)17-19-9-5-3-6-10-19)25-18-22(13-14-22)20-11-7-4-8-12-20/h3-12H,2,13-18H2,1H3,(H2,23,24,25). The molecule has 0 bridgehead atoms. The summed E-state index contributed by atoms with van der Waals surface area (Å²) in [6.45, 7) is 4.33. The Bertz CT molecular complexity index is 758. The molecule has 1 saturated carbocycles. The van der Waals surface area contributed by atoms with Gasteiger partial charge in [0.1, 0.15) is 0 Å². The van der Waals surface area contributed by atoms with Crippen molar-refractivity contribution in [2.24, 2.45) is 4.99 Å². The van der Waals surface area contributed by atoms with Crippen LogP contribution >= 0.6 is 0 Å². The SMILES string of the molecule is CCNC(=NCC1(c2ccccc2)CC1)NCCS(=O)Cc1ccccc1. The summed E-state index contributed by atoms with van der Waals surface area (Å²) in [5.74, 6) is 2.03. The maximum atomic E-state index is 12.3. The molecule has 0 spiro atoms. The summed E-state index contributed by atoms with van der Waals surface area (Å²) < 4.78 is 12.3. The largest absolute Gasteiger partial charge is 0.357 e. The lowest BCUT2D eigenvalue weighted by atomic mass is 9.96. The van der Waals surface area contributed by atoms with E-state index >= 15 is 0 Å². The van der Waals surface area contributed by atoms with E-state index in [1.165, 1.54) is 18.4 Å². The van der Waals surface area contributed by atoms with Gasteiger partial charge in [-0.3, -0.25) is 9.20 Å². The van der Waals surface area contributed by atoms with Crippen molar-refractivity contribution in [3.8, 4) is 0 Å². The average molecular weight is 384 g/mol. The third-order valence-corrected chi connectivity index (χ3v) is 6.23. The number of aliphatic imine (C=N–C) groups is 1. The van der Waals surface area contributed by atoms with Crippen LogP contribution in [0.15, 0.2) is 65.7 Å². The predicted molar refractivity (Wildman–Crippen MR) is 114 cm³/mol. The Labute approximate surface area is 165 Å². The van der Waals surface area contributed by atoms with Crippen LogP contribution in [-0.4, -0.2) is 35.6 Å². The van der Waals surface area contributed by atoms with Gasteiger partial charge in [0.15, 0.2) is 5.96 Å². The number of hydrogen-bond acceptors (Lipinski definition) is 2. The van der Waals surface area contributed by atoms with Crippen LogP contribution in [0.25, 0.3) is 0 Å². The minimum atomic E-state index is -0.875. The molecule has 1 aliphatic rings. The van der Waals surface area contributed by atoms with E-state index in [0.29, 0.717) is 18.1 Å². The third kappa shape index (κ3) is 5.93. The fraction of sp³-hybridized carbons (Fsp3) is 0.409. The molecule has 0 aromatic heterocycles. The zero-order valence-corrected chi connectivity index (χ0v) is 16.8. The molecule has 5 heteroatoms. The lowest BCUT2D eigenvalue weighted by molar-refractivity contribution is 0.679. The topological polar surface area (TPSA) is 53.5 Å². The Morgan fingerprint density at radius 1 is 1.04 bits per heavy atom. The van der Waals surface area contributed by atoms with Crippen molar-refractivity contribution >= 4 is 16.8 Å². The molecule has 1 atom stereocenters. The van der Waals surface area contributed by atoms with Crippen molar-refractivity contribution in [2.75, 3.05) is 25.4 Å². The number of benzene rings is 2. The van der Waals surface area contributed by atoms with Crippen LogP contribution in [0.5, 0.6) is 0 Å². The predicted octanol–water partition coefficient (Wildman–Crippen LogP) is 3.22. The van der Waals surface area contributed by atoms with E-state index in [0.717, 1.165) is 24.6 Å². The first-order chi connectivity index (χ1) is 13.2. The molecule has 27 heavy (non-hydrogen) atoms. The molecule has 1 aliphatic carbocycles. The molecular weight excluding hydrogens is 354 g/mol. The van der Waals surface area contributed by atoms with E-state index in [4.69, 9.17) is 4.99 Å². The molecule has 144 valence electrons. The van der Waals surface area contributed by atoms with Crippen LogP contribution < -0.4 is 10.6 Å². The molecule has 0 radical (unpaired) electrons. The summed E-state index contributed by atoms with van der Waals surface area (Å²) in [5, 5.41) is 6.63. The maximum absolute atomic E-state index is 12.3. The lowest BCUT2D eigenvalue weighted by Crippen LogP contribution is -2.39. The van der Waals surface area contributed by atoms with Crippen LogP contribution in [0.2, 0.25) is 0 Å². The Kier molecular flexibility index (Phi) is 7.04. The van der Waals surface area contributed by atoms with Gasteiger partial charge in [-0.1, -0.05) is 60.7 Å². The van der Waals surface area contributed by atoms with Gasteiger partial charge in [-0.25, -0.2) is 0 Å². The summed E-state index contributed by atoms with van der Waals surface area (Å²) in [5.41, 5.74) is 2.71. The van der Waals surface area contributed by atoms with Crippen LogP contribution in [0.1, 0.15) is 30.9 Å². The van der Waals surface area contributed by atoms with E-state index in [1.54, 1.807) is 0 Å². The molecule has 0 aliphatic heterocycles. The molecule has 0 amide bonds. The molecular formula is C22H29N3OS. The third-order valence-electron chi connectivity index (χ3n) is 4.92. The van der Waals surface area contributed by atoms with Gasteiger partial charge >= 0.3 is 0 Å². The second-order valence-electron chi connectivity index (χ2n) is 7.04. The smallest absolute Gasteiger partial charge is 0.191 e. The first-order valence-corrected chi connectivity index (χ1v) is 11.2. The van der Waals surface area contributed by atoms with Gasteiger partial charge in [-0.05, 0) is 30.9 Å². The van der Waals surface area contributed by atoms with E-state index < -0.39 is 10.8 Å². The number of nitrogens with zero attached hydrogens (tertiary/aromatic N) is 1. The minimum absolute atomic E-state index is 0.208. The second kappa shape index (κ2) is 9.70. The quantitative estimate of drug-likeness (QED) is 0.516. The van der Waals surface area contributed by atoms with Crippen LogP contribution in [0.3, 0.4) is 0 Å². The Morgan fingerprint density at radius 3 is 2.33 bits per heavy atom. The number of hydrogen-bond donors (Lipinski definition) is 2. The van der Waals surface area contributed by atoms with Gasteiger partial charge < -0.3 is 10.6 Å². The minimum Gasteiger partial charge on any atom is -0.357 e. The Hall–Kier alpha value is -2.14. The molecule has 2 aromatic carbocycles. The molecule has 1 fully saturated rings. The molecule has 2 N–H and O–H groups in total. The first-order valence-electron chi connectivity index (χ1n) is 9.68. The Balaban J connectivity index is 1.49. The zero-order chi connectivity index (χ0) is 19.0. The van der Waals surface area contributed by atoms with Gasteiger partial charge in [-0.2, -0.15) is 0 Å². The van der Waals surface area contributed by atoms with Gasteiger partial charge in [0.2, 0.25) is 0 Å². The number of nitrogens with one attached hydrogen (secondary N) is 2. The molecule has 3 rings (SSSR count). The van der Waals surface area contributed by atoms with Gasteiger partial charge in [0, 0.05) is 40.8 Å². The highest BCUT2D eigenvalue weighted by molar-refractivity contribution is 7.84. The van der Waals surface area contributed by atoms with E-state index in [2.05, 4.69) is 47.9 Å². The monoisotopic (exact) mass is 383 g/mol. The average Bonchev–Trinajstić information content (AvgIpc) is 3.49. The Morgan fingerprint density at radius 2 is 1.70 bits per heavy atom. The summed E-state index contributed by atoms with van der Waals surface area (Å²) in [6, 6.07) is 20.7. The molecule has 4 nitrogen and oxygen atoms in total. The van der Waals surface area contributed by atoms with Crippen molar-refractivity contribution in [2.45, 2.75) is 30.9 Å². The highest BCUT2D eigenvalue weighted by atomic mass is 32.2. The molecule has 2 aromatic rings. The zero-order valence-electron chi connectivity index (χ0n) is 16.0. The van der Waals surface area contributed by atoms with Crippen molar-refractivity contribution in [1.29, 1.82) is 0 Å². The fourth-order valence-corrected chi connectivity index (χ4v) is 4.21. The van der Waals surface area contributed by atoms with E-state index in [9.17, 15) is 4.21 Å². The number of rotatable bonds is 9. The summed E-state index contributed by atoms with van der Waals surface area (Å²) >= 11 is 0. The summed E-state index contributed by atoms with van der Waals surface area (Å²) in [7, 11) is -0.875. The fourth-order valence-electron chi connectivity index (χ4n) is 3.17. The van der Waals surface area contributed by atoms with Crippen LogP contribution in [0.4, 0.5) is 0 Å². The van der Waals surface area contributed by atoms with Crippen molar-refractivity contribution in [3.05, 3.63) is 71.8 Å². The summed E-state index contributed by atoms with van der Waals surface area (Å²) in [6.07, 6.45) is 2.39. The lowest BCUT2D eigenvalue weighted by Gasteiger charge is -2.16. The van der Waals surface area contributed by atoms with Gasteiger partial charge in [0.05, 0.1) is 6.54 Å². The maximum Gasteiger partial charge on any atom is 0.191 e. The molecule has 1 unspecified atom stereocenters. The van der Waals surface area contributed by atoms with Crippen LogP contribution in [0, 0.1) is 0 Å². The summed E-state index contributed by atoms with van der Waals surface area (Å²) in [4.78, 5) is 4.80. The normalized spacial score (nSPS) is 16.6. The molecule has 0 saturated heterocycles. The van der Waals surface area contributed by atoms with Crippen molar-refractivity contribution < 1.29 is 4.21 Å². The van der Waals surface area contributed by atoms with E-state index in [-0.39, 0.29) is 5.41 Å². The van der Waals surface area contributed by atoms with Crippen LogP contribution in [-0.2, 0) is 22.0 Å². The van der Waals surface area contributed by atoms with Gasteiger partial charge in [-0.15, -0.1) is 0 Å². The number of guanidine groups is 1. The molecule has 0 heterocycles. The van der Waals surface area contributed by atoms with Crippen molar-refractivity contribution in [1.82, 2.24) is 10.6 Å². The highest BCUT2D eigenvalue weighted by Crippen LogP contribution is 2.48. The van der Waals surface area contributed by atoms with Gasteiger partial charge in [0.25, 0.3) is 0 Å². The highest BCUT2D eigenvalue weighted by Gasteiger charge is 2.43. The first kappa shape index (κ1) is 19.6.